The molecule has 2 aromatic rings. The second kappa shape index (κ2) is 6.76. The molecule has 0 aliphatic carbocycles. The Morgan fingerprint density at radius 1 is 1.21 bits per heavy atom. The van der Waals surface area contributed by atoms with E-state index in [2.05, 4.69) is 4.98 Å². The lowest BCUT2D eigenvalue weighted by molar-refractivity contribution is 0.318. The van der Waals surface area contributed by atoms with E-state index in [9.17, 15) is 0 Å². The van der Waals surface area contributed by atoms with Crippen molar-refractivity contribution in [3.05, 3.63) is 40.3 Å². The summed E-state index contributed by atoms with van der Waals surface area (Å²) in [6, 6.07) is 9.55. The number of benzene rings is 1. The molecule has 1 aromatic carbocycles. The topological polar surface area (TPSA) is 55.1 Å². The maximum absolute atomic E-state index is 8.68. The third kappa shape index (κ3) is 3.97. The average Bonchev–Trinajstić information content (AvgIpc) is 2.89. The SMILES string of the molecule is CCOc1ccc(OCCc2nc(C#N)cs2)cc1. The van der Waals surface area contributed by atoms with Gasteiger partial charge in [-0.15, -0.1) is 11.3 Å². The Balaban J connectivity index is 1.80. The van der Waals surface area contributed by atoms with Crippen molar-refractivity contribution in [2.24, 2.45) is 0 Å². The molecule has 0 N–H and O–H groups in total. The maximum atomic E-state index is 8.68. The number of rotatable bonds is 6. The molecule has 1 aromatic heterocycles. The molecule has 0 saturated carbocycles. The molecule has 0 bridgehead atoms. The smallest absolute Gasteiger partial charge is 0.151 e. The van der Waals surface area contributed by atoms with Gasteiger partial charge in [-0.1, -0.05) is 0 Å². The fourth-order valence-electron chi connectivity index (χ4n) is 1.53. The molecular formula is C14H14N2O2S. The third-order valence-corrected chi connectivity index (χ3v) is 3.29. The molecule has 0 saturated heterocycles. The van der Waals surface area contributed by atoms with Gasteiger partial charge in [0.05, 0.1) is 18.2 Å². The van der Waals surface area contributed by atoms with Crippen LogP contribution in [0, 0.1) is 11.3 Å². The Labute approximate surface area is 116 Å². The van der Waals surface area contributed by atoms with Gasteiger partial charge in [-0.3, -0.25) is 0 Å². The first-order valence-electron chi connectivity index (χ1n) is 6.02. The van der Waals surface area contributed by atoms with E-state index in [1.807, 2.05) is 37.3 Å². The fraction of sp³-hybridized carbons (Fsp3) is 0.286. The highest BCUT2D eigenvalue weighted by atomic mass is 32.1. The van der Waals surface area contributed by atoms with Gasteiger partial charge in [0.25, 0.3) is 0 Å². The molecule has 4 nitrogen and oxygen atoms in total. The molecule has 5 heteroatoms. The minimum Gasteiger partial charge on any atom is -0.494 e. The van der Waals surface area contributed by atoms with E-state index in [1.54, 1.807) is 5.38 Å². The van der Waals surface area contributed by atoms with Gasteiger partial charge in [0.15, 0.2) is 5.69 Å². The van der Waals surface area contributed by atoms with Crippen LogP contribution in [0.15, 0.2) is 29.6 Å². The first-order valence-corrected chi connectivity index (χ1v) is 6.90. The van der Waals surface area contributed by atoms with Gasteiger partial charge in [-0.05, 0) is 31.2 Å². The highest BCUT2D eigenvalue weighted by Crippen LogP contribution is 2.18. The minimum absolute atomic E-state index is 0.473. The highest BCUT2D eigenvalue weighted by molar-refractivity contribution is 7.09. The zero-order valence-corrected chi connectivity index (χ0v) is 11.4. The molecule has 0 atom stereocenters. The zero-order chi connectivity index (χ0) is 13.5. The molecule has 0 unspecified atom stereocenters. The van der Waals surface area contributed by atoms with Crippen LogP contribution in [0.5, 0.6) is 11.5 Å². The minimum atomic E-state index is 0.473. The molecule has 0 aliphatic rings. The summed E-state index contributed by atoms with van der Waals surface area (Å²) in [5.41, 5.74) is 0.473. The van der Waals surface area contributed by atoms with Crippen molar-refractivity contribution in [2.45, 2.75) is 13.3 Å². The Bertz CT molecular complexity index is 558. The van der Waals surface area contributed by atoms with E-state index in [0.717, 1.165) is 16.5 Å². The first-order chi connectivity index (χ1) is 9.31. The van der Waals surface area contributed by atoms with Gasteiger partial charge in [-0.25, -0.2) is 4.98 Å². The van der Waals surface area contributed by atoms with E-state index in [0.29, 0.717) is 25.3 Å². The third-order valence-electron chi connectivity index (χ3n) is 2.39. The van der Waals surface area contributed by atoms with E-state index < -0.39 is 0 Å². The number of ether oxygens (including phenoxy) is 2. The van der Waals surface area contributed by atoms with Crippen LogP contribution in [0.3, 0.4) is 0 Å². The summed E-state index contributed by atoms with van der Waals surface area (Å²) in [7, 11) is 0. The molecule has 0 spiro atoms. The van der Waals surface area contributed by atoms with E-state index >= 15 is 0 Å². The molecule has 0 amide bonds. The van der Waals surface area contributed by atoms with Crippen molar-refractivity contribution >= 4 is 11.3 Å². The van der Waals surface area contributed by atoms with Crippen LogP contribution in [0.1, 0.15) is 17.6 Å². The lowest BCUT2D eigenvalue weighted by Crippen LogP contribution is -2.01. The average molecular weight is 274 g/mol. The molecule has 0 aliphatic heterocycles. The van der Waals surface area contributed by atoms with Crippen molar-refractivity contribution in [1.29, 1.82) is 5.26 Å². The second-order valence-electron chi connectivity index (χ2n) is 3.74. The first kappa shape index (κ1) is 13.4. The summed E-state index contributed by atoms with van der Waals surface area (Å²) in [5, 5.41) is 11.4. The molecule has 19 heavy (non-hydrogen) atoms. The number of thiazole rings is 1. The van der Waals surface area contributed by atoms with Crippen molar-refractivity contribution in [3.8, 4) is 17.6 Å². The highest BCUT2D eigenvalue weighted by Gasteiger charge is 2.02. The van der Waals surface area contributed by atoms with Gasteiger partial charge in [0.2, 0.25) is 0 Å². The number of nitriles is 1. The fourth-order valence-corrected chi connectivity index (χ4v) is 2.24. The Morgan fingerprint density at radius 2 is 1.89 bits per heavy atom. The predicted octanol–water partition coefficient (Wildman–Crippen LogP) is 3.03. The van der Waals surface area contributed by atoms with Crippen LogP contribution in [0.4, 0.5) is 0 Å². The van der Waals surface area contributed by atoms with Crippen molar-refractivity contribution in [3.63, 3.8) is 0 Å². The van der Waals surface area contributed by atoms with Gasteiger partial charge in [0, 0.05) is 11.8 Å². The standard InChI is InChI=1S/C14H14N2O2S/c1-2-17-12-3-5-13(6-4-12)18-8-7-14-16-11(9-15)10-19-14/h3-6,10H,2,7-8H2,1H3. The monoisotopic (exact) mass is 274 g/mol. The Hall–Kier alpha value is -2.06. The zero-order valence-electron chi connectivity index (χ0n) is 10.6. The molecule has 98 valence electrons. The molecule has 0 fully saturated rings. The lowest BCUT2D eigenvalue weighted by atomic mass is 10.3. The quantitative estimate of drug-likeness (QED) is 0.812. The van der Waals surface area contributed by atoms with E-state index in [4.69, 9.17) is 14.7 Å². The number of aromatic nitrogens is 1. The van der Waals surface area contributed by atoms with Crippen molar-refractivity contribution in [1.82, 2.24) is 4.98 Å². The van der Waals surface area contributed by atoms with Crippen LogP contribution in [-0.4, -0.2) is 18.2 Å². The summed E-state index contributed by atoms with van der Waals surface area (Å²) in [6.07, 6.45) is 0.708. The van der Waals surface area contributed by atoms with Crippen LogP contribution >= 0.6 is 11.3 Å². The number of hydrogen-bond acceptors (Lipinski definition) is 5. The van der Waals surface area contributed by atoms with Crippen LogP contribution < -0.4 is 9.47 Å². The maximum Gasteiger partial charge on any atom is 0.151 e. The summed E-state index contributed by atoms with van der Waals surface area (Å²) >= 11 is 1.48. The normalized spacial score (nSPS) is 9.89. The van der Waals surface area contributed by atoms with Gasteiger partial charge in [0.1, 0.15) is 17.6 Å². The Kier molecular flexibility index (Phi) is 4.76. The van der Waals surface area contributed by atoms with Crippen molar-refractivity contribution in [2.75, 3.05) is 13.2 Å². The van der Waals surface area contributed by atoms with E-state index in [1.165, 1.54) is 11.3 Å². The van der Waals surface area contributed by atoms with Gasteiger partial charge in [-0.2, -0.15) is 5.26 Å². The van der Waals surface area contributed by atoms with Crippen LogP contribution in [-0.2, 0) is 6.42 Å². The molecular weight excluding hydrogens is 260 g/mol. The lowest BCUT2D eigenvalue weighted by Gasteiger charge is -2.06. The summed E-state index contributed by atoms with van der Waals surface area (Å²) in [4.78, 5) is 4.16. The number of hydrogen-bond donors (Lipinski definition) is 0. The van der Waals surface area contributed by atoms with Crippen molar-refractivity contribution < 1.29 is 9.47 Å². The van der Waals surface area contributed by atoms with Gasteiger partial charge < -0.3 is 9.47 Å². The largest absolute Gasteiger partial charge is 0.494 e. The second-order valence-corrected chi connectivity index (χ2v) is 4.68. The Morgan fingerprint density at radius 3 is 2.47 bits per heavy atom. The summed E-state index contributed by atoms with van der Waals surface area (Å²) < 4.78 is 11.0. The van der Waals surface area contributed by atoms with Crippen LogP contribution in [0.25, 0.3) is 0 Å². The van der Waals surface area contributed by atoms with Gasteiger partial charge >= 0.3 is 0 Å². The molecule has 0 radical (unpaired) electrons. The molecule has 2 rings (SSSR count). The summed E-state index contributed by atoms with van der Waals surface area (Å²) in [6.45, 7) is 3.16. The van der Waals surface area contributed by atoms with E-state index in [-0.39, 0.29) is 0 Å². The van der Waals surface area contributed by atoms with Crippen LogP contribution in [0.2, 0.25) is 0 Å². The number of nitrogens with zero attached hydrogens (tertiary/aromatic N) is 2. The molecule has 1 heterocycles. The summed E-state index contributed by atoms with van der Waals surface area (Å²) in [5.74, 6) is 1.65. The predicted molar refractivity (Wildman–Crippen MR) is 73.6 cm³/mol.